The van der Waals surface area contributed by atoms with Crippen molar-refractivity contribution in [2.75, 3.05) is 36.4 Å². The van der Waals surface area contributed by atoms with Crippen molar-refractivity contribution in [3.63, 3.8) is 0 Å². The predicted octanol–water partition coefficient (Wildman–Crippen LogP) is 2.57. The maximum atomic E-state index is 13.2. The average Bonchev–Trinajstić information content (AvgIpc) is 2.63. The minimum absolute atomic E-state index is 0.0163. The number of piperazine rings is 1. The maximum Gasteiger partial charge on any atom is 0.418 e. The van der Waals surface area contributed by atoms with Gasteiger partial charge in [-0.2, -0.15) is 23.3 Å². The SMILES string of the molecule is O=CN1CCN(c2nncc(Nc3ccc(Cl)cc3C(F)(F)F)n2)CC1. The Morgan fingerprint density at radius 3 is 2.58 bits per heavy atom. The van der Waals surface area contributed by atoms with Gasteiger partial charge < -0.3 is 15.1 Å². The van der Waals surface area contributed by atoms with Gasteiger partial charge in [-0.25, -0.2) is 0 Å². The van der Waals surface area contributed by atoms with Crippen LogP contribution in [0.4, 0.5) is 30.6 Å². The van der Waals surface area contributed by atoms with Gasteiger partial charge in [-0.15, -0.1) is 5.10 Å². The summed E-state index contributed by atoms with van der Waals surface area (Å²) in [6.07, 6.45) is -2.56. The highest BCUT2D eigenvalue weighted by molar-refractivity contribution is 6.30. The van der Waals surface area contributed by atoms with Crippen LogP contribution in [-0.2, 0) is 11.0 Å². The average molecular weight is 387 g/mol. The second-order valence-corrected chi connectivity index (χ2v) is 6.02. The van der Waals surface area contributed by atoms with E-state index in [9.17, 15) is 18.0 Å². The topological polar surface area (TPSA) is 74.2 Å². The molecule has 1 N–H and O–H groups in total. The van der Waals surface area contributed by atoms with Gasteiger partial charge in [0, 0.05) is 31.2 Å². The Kier molecular flexibility index (Phi) is 5.12. The molecular weight excluding hydrogens is 373 g/mol. The van der Waals surface area contributed by atoms with Gasteiger partial charge >= 0.3 is 6.18 Å². The second kappa shape index (κ2) is 7.32. The van der Waals surface area contributed by atoms with Gasteiger partial charge in [0.1, 0.15) is 0 Å². The van der Waals surface area contributed by atoms with Crippen LogP contribution in [0.2, 0.25) is 5.02 Å². The van der Waals surface area contributed by atoms with Crippen LogP contribution in [0, 0.1) is 0 Å². The summed E-state index contributed by atoms with van der Waals surface area (Å²) in [4.78, 5) is 18.4. The first-order valence-electron chi connectivity index (χ1n) is 7.64. The standard InChI is InChI=1S/C15H14ClF3N6O/c16-10-1-2-12(11(7-10)15(17,18)19)21-13-8-20-23-14(22-13)25-5-3-24(9-26)4-6-25/h1-2,7-9H,3-6H2,(H,21,22,23). The second-order valence-electron chi connectivity index (χ2n) is 5.58. The summed E-state index contributed by atoms with van der Waals surface area (Å²) in [5.74, 6) is 0.406. The van der Waals surface area contributed by atoms with Crippen LogP contribution in [0.25, 0.3) is 0 Å². The fourth-order valence-electron chi connectivity index (χ4n) is 2.51. The van der Waals surface area contributed by atoms with E-state index in [1.54, 1.807) is 4.90 Å². The van der Waals surface area contributed by atoms with E-state index in [1.165, 1.54) is 18.3 Å². The summed E-state index contributed by atoms with van der Waals surface area (Å²) in [6, 6.07) is 3.43. The first-order valence-corrected chi connectivity index (χ1v) is 8.02. The lowest BCUT2D eigenvalue weighted by molar-refractivity contribution is -0.136. The summed E-state index contributed by atoms with van der Waals surface area (Å²) < 4.78 is 39.5. The maximum absolute atomic E-state index is 13.2. The third kappa shape index (κ3) is 4.13. The van der Waals surface area contributed by atoms with E-state index in [-0.39, 0.29) is 22.5 Å². The van der Waals surface area contributed by atoms with Crippen LogP contribution >= 0.6 is 11.6 Å². The Balaban J connectivity index is 1.81. The van der Waals surface area contributed by atoms with E-state index >= 15 is 0 Å². The lowest BCUT2D eigenvalue weighted by Gasteiger charge is -2.32. The molecule has 138 valence electrons. The molecule has 1 aromatic carbocycles. The zero-order valence-electron chi connectivity index (χ0n) is 13.4. The Labute approximate surface area is 151 Å². The fourth-order valence-corrected chi connectivity index (χ4v) is 2.69. The first kappa shape index (κ1) is 18.2. The summed E-state index contributed by atoms with van der Waals surface area (Å²) >= 11 is 5.68. The lowest BCUT2D eigenvalue weighted by atomic mass is 10.1. The van der Waals surface area contributed by atoms with E-state index in [0.29, 0.717) is 26.2 Å². The molecule has 1 aliphatic rings. The zero-order valence-corrected chi connectivity index (χ0v) is 14.1. The van der Waals surface area contributed by atoms with Crippen LogP contribution in [-0.4, -0.2) is 52.7 Å². The van der Waals surface area contributed by atoms with E-state index in [4.69, 9.17) is 11.6 Å². The number of carbonyl (C=O) groups excluding carboxylic acids is 1. The molecule has 1 aliphatic heterocycles. The van der Waals surface area contributed by atoms with Gasteiger partial charge in [-0.1, -0.05) is 11.6 Å². The normalized spacial score (nSPS) is 15.1. The molecular formula is C15H14ClF3N6O. The third-order valence-corrected chi connectivity index (χ3v) is 4.08. The van der Waals surface area contributed by atoms with Crippen LogP contribution in [0.1, 0.15) is 5.56 Å². The van der Waals surface area contributed by atoms with Gasteiger partial charge in [-0.3, -0.25) is 4.79 Å². The quantitative estimate of drug-likeness (QED) is 0.814. The minimum atomic E-state index is -4.57. The molecule has 0 atom stereocenters. The van der Waals surface area contributed by atoms with Gasteiger partial charge in [0.15, 0.2) is 5.82 Å². The summed E-state index contributed by atoms with van der Waals surface area (Å²) in [5.41, 5.74) is -1.08. The van der Waals surface area contributed by atoms with Crippen LogP contribution in [0.5, 0.6) is 0 Å². The molecule has 1 aromatic heterocycles. The number of benzene rings is 1. The Bertz CT molecular complexity index is 795. The highest BCUT2D eigenvalue weighted by atomic mass is 35.5. The monoisotopic (exact) mass is 386 g/mol. The number of alkyl halides is 3. The van der Waals surface area contributed by atoms with Crippen molar-refractivity contribution in [3.05, 3.63) is 35.0 Å². The van der Waals surface area contributed by atoms with Crippen LogP contribution in [0.15, 0.2) is 24.4 Å². The molecule has 0 radical (unpaired) electrons. The van der Waals surface area contributed by atoms with Crippen LogP contribution < -0.4 is 10.2 Å². The third-order valence-electron chi connectivity index (χ3n) is 3.84. The number of hydrogen-bond acceptors (Lipinski definition) is 6. The van der Waals surface area contributed by atoms with Crippen LogP contribution in [0.3, 0.4) is 0 Å². The molecule has 1 amide bonds. The predicted molar refractivity (Wildman–Crippen MR) is 89.4 cm³/mol. The number of rotatable bonds is 4. The molecule has 1 fully saturated rings. The van der Waals surface area contributed by atoms with E-state index in [0.717, 1.165) is 12.5 Å². The Hall–Kier alpha value is -2.62. The molecule has 7 nitrogen and oxygen atoms in total. The van der Waals surface area contributed by atoms with Gasteiger partial charge in [0.2, 0.25) is 12.4 Å². The molecule has 0 saturated carbocycles. The molecule has 1 saturated heterocycles. The Morgan fingerprint density at radius 2 is 1.92 bits per heavy atom. The molecule has 0 unspecified atom stereocenters. The van der Waals surface area contributed by atoms with Crippen molar-refractivity contribution in [2.24, 2.45) is 0 Å². The number of nitrogens with one attached hydrogen (secondary N) is 1. The number of nitrogens with zero attached hydrogens (tertiary/aromatic N) is 5. The number of carbonyl (C=O) groups is 1. The number of aromatic nitrogens is 3. The summed E-state index contributed by atoms with van der Waals surface area (Å²) in [6.45, 7) is 2.05. The first-order chi connectivity index (χ1) is 12.4. The number of halogens is 4. The highest BCUT2D eigenvalue weighted by Crippen LogP contribution is 2.37. The highest BCUT2D eigenvalue weighted by Gasteiger charge is 2.34. The summed E-state index contributed by atoms with van der Waals surface area (Å²) in [7, 11) is 0. The minimum Gasteiger partial charge on any atom is -0.342 e. The number of amides is 1. The molecule has 0 spiro atoms. The van der Waals surface area contributed by atoms with Crippen molar-refractivity contribution in [1.82, 2.24) is 20.1 Å². The van der Waals surface area contributed by atoms with E-state index in [2.05, 4.69) is 20.5 Å². The fraction of sp³-hybridized carbons (Fsp3) is 0.333. The van der Waals surface area contributed by atoms with Crippen molar-refractivity contribution in [1.29, 1.82) is 0 Å². The number of anilines is 3. The molecule has 26 heavy (non-hydrogen) atoms. The van der Waals surface area contributed by atoms with E-state index < -0.39 is 11.7 Å². The summed E-state index contributed by atoms with van der Waals surface area (Å²) in [5, 5.41) is 10.3. The molecule has 0 bridgehead atoms. The zero-order chi connectivity index (χ0) is 18.7. The van der Waals surface area contributed by atoms with E-state index in [1.807, 2.05) is 4.90 Å². The van der Waals surface area contributed by atoms with Crippen molar-refractivity contribution < 1.29 is 18.0 Å². The molecule has 3 rings (SSSR count). The molecule has 2 heterocycles. The smallest absolute Gasteiger partial charge is 0.342 e. The number of hydrogen-bond donors (Lipinski definition) is 1. The van der Waals surface area contributed by atoms with Crippen molar-refractivity contribution in [2.45, 2.75) is 6.18 Å². The molecule has 11 heteroatoms. The lowest BCUT2D eigenvalue weighted by Crippen LogP contribution is -2.46. The molecule has 0 aliphatic carbocycles. The largest absolute Gasteiger partial charge is 0.418 e. The van der Waals surface area contributed by atoms with Gasteiger partial charge in [-0.05, 0) is 18.2 Å². The molecule has 2 aromatic rings. The van der Waals surface area contributed by atoms with Gasteiger partial charge in [0.05, 0.1) is 17.4 Å². The van der Waals surface area contributed by atoms with Crippen molar-refractivity contribution in [3.8, 4) is 0 Å². The van der Waals surface area contributed by atoms with Crippen molar-refractivity contribution >= 4 is 35.5 Å². The van der Waals surface area contributed by atoms with Gasteiger partial charge in [0.25, 0.3) is 0 Å². The Morgan fingerprint density at radius 1 is 1.19 bits per heavy atom.